The molecule has 0 saturated heterocycles. The van der Waals surface area contributed by atoms with E-state index in [0.717, 1.165) is 50.2 Å². The summed E-state index contributed by atoms with van der Waals surface area (Å²) in [6.07, 6.45) is 14.7. The molecule has 2 aliphatic heterocycles. The molecule has 63 heavy (non-hydrogen) atoms. The summed E-state index contributed by atoms with van der Waals surface area (Å²) in [6.45, 7) is 36.6. The van der Waals surface area contributed by atoms with Gasteiger partial charge in [0, 0.05) is 43.8 Å². The molecule has 0 radical (unpaired) electrons. The third-order valence-corrected chi connectivity index (χ3v) is 8.63. The summed E-state index contributed by atoms with van der Waals surface area (Å²) in [7, 11) is 0. The Morgan fingerprint density at radius 3 is 1.02 bits per heavy atom. The van der Waals surface area contributed by atoms with Gasteiger partial charge in [0.2, 0.25) is 0 Å². The molecule has 5 heterocycles. The van der Waals surface area contributed by atoms with Crippen molar-refractivity contribution in [2.75, 3.05) is 0 Å². The number of nitrogens with zero attached hydrogens (tertiary/aromatic N) is 6. The lowest BCUT2D eigenvalue weighted by atomic mass is 10.1. The molecule has 8 heteroatoms. The lowest BCUT2D eigenvalue weighted by Gasteiger charge is -1.97. The quantitative estimate of drug-likeness (QED) is 0.161. The molecule has 0 aliphatic carbocycles. The van der Waals surface area contributed by atoms with Crippen molar-refractivity contribution in [1.29, 1.82) is 0 Å². The fourth-order valence-electron chi connectivity index (χ4n) is 6.19. The summed E-state index contributed by atoms with van der Waals surface area (Å²) in [4.78, 5) is 37.2. The van der Waals surface area contributed by atoms with Crippen LogP contribution in [0.2, 0.25) is 0 Å². The average molecular weight is 855 g/mol. The largest absolute Gasteiger partial charge is 0.324 e. The molecule has 0 atom stereocenters. The van der Waals surface area contributed by atoms with Crippen LogP contribution in [0.4, 0.5) is 0 Å². The Labute approximate surface area is 382 Å². The van der Waals surface area contributed by atoms with E-state index in [9.17, 15) is 0 Å². The monoisotopic (exact) mass is 855 g/mol. The first kappa shape index (κ1) is 57.2. The molecule has 8 rings (SSSR count). The summed E-state index contributed by atoms with van der Waals surface area (Å²) in [5.41, 5.74) is 6.38. The van der Waals surface area contributed by atoms with Gasteiger partial charge in [-0.1, -0.05) is 240 Å². The number of H-pyrrole nitrogens is 2. The lowest BCUT2D eigenvalue weighted by molar-refractivity contribution is 0.702. The van der Waals surface area contributed by atoms with Crippen molar-refractivity contribution < 1.29 is 0 Å². The standard InChI is InChI=1S/C35H26N8.C6H14.7C2H6/c1-3-5-13-21-20(12-4-2)28-36-29(21)38-31-24-16-8-9-17-25(24)33(40-31)42-35-27-19-11-10-18-26(27)34(43-35)41-32-23-15-7-6-14-22(23)30(37-28)39-32;1-3-5-6-4-2;7*1-2/h4-19H,3H2,1-2H3,(H2,36,37,38,39,40,41,42,43);3-6H2,1-2H3;7*1-2H3/b12-4-,13-5-;;;;;;;;. The summed E-state index contributed by atoms with van der Waals surface area (Å²) in [6, 6.07) is 24.2. The molecule has 3 aromatic heterocycles. The maximum absolute atomic E-state index is 5.10. The number of hydrogen-bond donors (Lipinski definition) is 2. The molecule has 2 aliphatic rings. The zero-order chi connectivity index (χ0) is 47.7. The molecule has 0 saturated carbocycles. The number of aromatic amines is 2. The summed E-state index contributed by atoms with van der Waals surface area (Å²) >= 11 is 0. The lowest BCUT2D eigenvalue weighted by Crippen LogP contribution is -1.87. The number of rotatable bonds is 6. The van der Waals surface area contributed by atoms with Gasteiger partial charge >= 0.3 is 0 Å². The first-order valence-corrected chi connectivity index (χ1v) is 24.3. The van der Waals surface area contributed by atoms with E-state index in [1.165, 1.54) is 25.7 Å². The van der Waals surface area contributed by atoms with Crippen LogP contribution >= 0.6 is 0 Å². The van der Waals surface area contributed by atoms with Crippen molar-refractivity contribution in [3.63, 3.8) is 0 Å². The minimum absolute atomic E-state index is 0.582. The Hall–Kier alpha value is -5.76. The van der Waals surface area contributed by atoms with Crippen molar-refractivity contribution >= 4 is 55.3 Å². The summed E-state index contributed by atoms with van der Waals surface area (Å²) < 4.78 is 0. The molecule has 0 spiro atoms. The second-order valence-electron chi connectivity index (χ2n) is 12.1. The molecule has 2 N–H and O–H groups in total. The van der Waals surface area contributed by atoms with E-state index in [0.29, 0.717) is 45.9 Å². The summed E-state index contributed by atoms with van der Waals surface area (Å²) in [5.74, 6) is 2.35. The molecule has 0 unspecified atom stereocenters. The normalized spacial score (nSPS) is 10.5. The van der Waals surface area contributed by atoms with Crippen molar-refractivity contribution in [3.05, 3.63) is 109 Å². The third kappa shape index (κ3) is 14.9. The van der Waals surface area contributed by atoms with Gasteiger partial charge in [0.1, 0.15) is 22.6 Å². The SMILES string of the molecule is C/C=C\C1=C(/C=C\CC)c2nc1nc1[nH]c(nc3nc(nc4[nH]c(n2)c2ccccc42)-c2ccccc2-3)c2ccccc12.CC.CC.CC.CC.CC.CC.CC.CCCCCC. The maximum Gasteiger partial charge on any atom is 0.164 e. The van der Waals surface area contributed by atoms with Crippen molar-refractivity contribution in [1.82, 2.24) is 39.9 Å². The maximum atomic E-state index is 5.10. The Balaban J connectivity index is 0.00000168. The smallest absolute Gasteiger partial charge is 0.164 e. The van der Waals surface area contributed by atoms with E-state index in [4.69, 9.17) is 29.9 Å². The van der Waals surface area contributed by atoms with Gasteiger partial charge in [-0.05, 0) is 13.3 Å². The fraction of sp³-hybridized carbons (Fsp3) is 0.418. The first-order valence-electron chi connectivity index (χ1n) is 24.3. The molecule has 342 valence electrons. The van der Waals surface area contributed by atoms with E-state index in [2.05, 4.69) is 42.9 Å². The topological polar surface area (TPSA) is 109 Å². The Morgan fingerprint density at radius 2 is 0.698 bits per heavy atom. The van der Waals surface area contributed by atoms with Crippen LogP contribution in [0.5, 0.6) is 0 Å². The van der Waals surface area contributed by atoms with Crippen molar-refractivity contribution in [2.45, 2.75) is 157 Å². The molecule has 8 nitrogen and oxygen atoms in total. The Bertz CT molecular complexity index is 2430. The minimum atomic E-state index is 0.582. The number of aromatic nitrogens is 8. The van der Waals surface area contributed by atoms with Crippen LogP contribution in [-0.4, -0.2) is 39.9 Å². The predicted molar refractivity (Wildman–Crippen MR) is 282 cm³/mol. The number of nitrogens with one attached hydrogen (secondary N) is 2. The molecule has 6 aromatic rings. The van der Waals surface area contributed by atoms with Gasteiger partial charge in [-0.3, -0.25) is 0 Å². The predicted octanol–water partition coefficient (Wildman–Crippen LogP) is 17.8. The highest BCUT2D eigenvalue weighted by molar-refractivity contribution is 6.07. The van der Waals surface area contributed by atoms with Gasteiger partial charge in [0.15, 0.2) is 23.3 Å². The van der Waals surface area contributed by atoms with Crippen LogP contribution in [0.3, 0.4) is 0 Å². The van der Waals surface area contributed by atoms with Crippen LogP contribution in [-0.2, 0) is 0 Å². The van der Waals surface area contributed by atoms with Gasteiger partial charge in [-0.25, -0.2) is 29.9 Å². The van der Waals surface area contributed by atoms with Crippen LogP contribution in [0, 0.1) is 0 Å². The number of hydrogen-bond acceptors (Lipinski definition) is 6. The highest BCUT2D eigenvalue weighted by atomic mass is 15.1. The zero-order valence-corrected chi connectivity index (χ0v) is 42.5. The number of benzene rings is 3. The summed E-state index contributed by atoms with van der Waals surface area (Å²) in [5, 5.41) is 3.80. The second-order valence-corrected chi connectivity index (χ2v) is 12.1. The van der Waals surface area contributed by atoms with Crippen molar-refractivity contribution in [3.8, 4) is 22.8 Å². The van der Waals surface area contributed by atoms with Crippen LogP contribution in [0.1, 0.15) is 168 Å². The second kappa shape index (κ2) is 33.8. The van der Waals surface area contributed by atoms with E-state index in [1.807, 2.05) is 189 Å². The van der Waals surface area contributed by atoms with Gasteiger partial charge in [0.05, 0.1) is 0 Å². The van der Waals surface area contributed by atoms with E-state index >= 15 is 0 Å². The van der Waals surface area contributed by atoms with Crippen LogP contribution < -0.4 is 0 Å². The van der Waals surface area contributed by atoms with Crippen LogP contribution in [0.25, 0.3) is 78.1 Å². The Kier molecular flexibility index (Phi) is 30.7. The van der Waals surface area contributed by atoms with E-state index in [-0.39, 0.29) is 0 Å². The average Bonchev–Trinajstić information content (AvgIpc) is 4.10. The highest BCUT2D eigenvalue weighted by Crippen LogP contribution is 2.35. The van der Waals surface area contributed by atoms with Gasteiger partial charge < -0.3 is 9.97 Å². The number of allylic oxidation sites excluding steroid dienone is 6. The van der Waals surface area contributed by atoms with Gasteiger partial charge in [0.25, 0.3) is 0 Å². The molecule has 8 bridgehead atoms. The van der Waals surface area contributed by atoms with Gasteiger partial charge in [-0.15, -0.1) is 0 Å². The van der Waals surface area contributed by atoms with Gasteiger partial charge in [-0.2, -0.15) is 0 Å². The molecule has 0 fully saturated rings. The van der Waals surface area contributed by atoms with E-state index < -0.39 is 0 Å². The Morgan fingerprint density at radius 1 is 0.397 bits per heavy atom. The van der Waals surface area contributed by atoms with Crippen molar-refractivity contribution in [2.24, 2.45) is 0 Å². The first-order chi connectivity index (χ1) is 31.1. The molecule has 3 aromatic carbocycles. The molecular weight excluding hydrogens is 773 g/mol. The molecular formula is C55H82N8. The van der Waals surface area contributed by atoms with E-state index in [1.54, 1.807) is 0 Å². The molecule has 0 amide bonds. The zero-order valence-electron chi connectivity index (χ0n) is 42.5. The fourth-order valence-corrected chi connectivity index (χ4v) is 6.19. The van der Waals surface area contributed by atoms with Crippen LogP contribution in [0.15, 0.2) is 97.1 Å². The number of unbranched alkanes of at least 4 members (excludes halogenated alkanes) is 3. The minimum Gasteiger partial charge on any atom is -0.324 e. The number of fused-ring (bicyclic) bond motifs is 17. The third-order valence-electron chi connectivity index (χ3n) is 8.63. The highest BCUT2D eigenvalue weighted by Gasteiger charge is 2.22.